The predicted octanol–water partition coefficient (Wildman–Crippen LogP) is 1.58. The number of hydrogen-bond donors (Lipinski definition) is 1. The van der Waals surface area contributed by atoms with Gasteiger partial charge in [0.15, 0.2) is 0 Å². The molecule has 96 valence electrons. The molecule has 1 atom stereocenters. The highest BCUT2D eigenvalue weighted by Crippen LogP contribution is 2.12. The zero-order valence-corrected chi connectivity index (χ0v) is 10.5. The van der Waals surface area contributed by atoms with Crippen LogP contribution in [0.2, 0.25) is 0 Å². The summed E-state index contributed by atoms with van der Waals surface area (Å²) in [4.78, 5) is 11.4. The molecule has 0 fully saturated rings. The molecule has 1 aromatic heterocycles. The summed E-state index contributed by atoms with van der Waals surface area (Å²) in [5.41, 5.74) is 0.798. The first-order valence-corrected chi connectivity index (χ1v) is 5.59. The Bertz CT molecular complexity index is 348. The SMILES string of the molecule is CCC(COC)NCc1ccoc1C(=O)OC. The Morgan fingerprint density at radius 1 is 1.53 bits per heavy atom. The predicted molar refractivity (Wildman–Crippen MR) is 62.8 cm³/mol. The van der Waals surface area contributed by atoms with Crippen LogP contribution in [0.15, 0.2) is 16.7 Å². The molecule has 0 radical (unpaired) electrons. The first-order chi connectivity index (χ1) is 8.22. The van der Waals surface area contributed by atoms with Crippen LogP contribution in [0, 0.1) is 0 Å². The molecular formula is C12H19NO4. The fourth-order valence-corrected chi connectivity index (χ4v) is 1.52. The first kappa shape index (κ1) is 13.7. The van der Waals surface area contributed by atoms with E-state index in [0.29, 0.717) is 13.2 Å². The summed E-state index contributed by atoms with van der Waals surface area (Å²) in [7, 11) is 3.00. The number of esters is 1. The zero-order chi connectivity index (χ0) is 12.7. The molecule has 1 rings (SSSR count). The van der Waals surface area contributed by atoms with Gasteiger partial charge in [0.05, 0.1) is 20.0 Å². The normalized spacial score (nSPS) is 12.4. The van der Waals surface area contributed by atoms with Gasteiger partial charge in [-0.05, 0) is 12.5 Å². The van der Waals surface area contributed by atoms with Crippen LogP contribution in [0.5, 0.6) is 0 Å². The van der Waals surface area contributed by atoms with Crippen LogP contribution >= 0.6 is 0 Å². The van der Waals surface area contributed by atoms with E-state index < -0.39 is 5.97 Å². The van der Waals surface area contributed by atoms with E-state index in [2.05, 4.69) is 17.0 Å². The summed E-state index contributed by atoms with van der Waals surface area (Å²) < 4.78 is 14.8. The van der Waals surface area contributed by atoms with E-state index in [1.165, 1.54) is 13.4 Å². The molecule has 0 bridgehead atoms. The van der Waals surface area contributed by atoms with E-state index in [-0.39, 0.29) is 11.8 Å². The molecule has 1 aromatic rings. The number of methoxy groups -OCH3 is 2. The second kappa shape index (κ2) is 7.09. The lowest BCUT2D eigenvalue weighted by Crippen LogP contribution is -2.32. The van der Waals surface area contributed by atoms with Gasteiger partial charge in [0, 0.05) is 25.3 Å². The lowest BCUT2D eigenvalue weighted by atomic mass is 10.2. The molecule has 5 nitrogen and oxygen atoms in total. The molecule has 0 amide bonds. The summed E-state index contributed by atoms with van der Waals surface area (Å²) in [6.45, 7) is 3.28. The quantitative estimate of drug-likeness (QED) is 0.734. The molecule has 0 aliphatic carbocycles. The number of rotatable bonds is 7. The third-order valence-corrected chi connectivity index (χ3v) is 2.56. The van der Waals surface area contributed by atoms with Crippen molar-refractivity contribution in [2.24, 2.45) is 0 Å². The highest BCUT2D eigenvalue weighted by Gasteiger charge is 2.16. The average Bonchev–Trinajstić information content (AvgIpc) is 2.81. The van der Waals surface area contributed by atoms with Gasteiger partial charge in [-0.25, -0.2) is 4.79 Å². The van der Waals surface area contributed by atoms with Crippen LogP contribution in [0.25, 0.3) is 0 Å². The van der Waals surface area contributed by atoms with Crippen molar-refractivity contribution in [1.82, 2.24) is 5.32 Å². The molecule has 1 unspecified atom stereocenters. The highest BCUT2D eigenvalue weighted by atomic mass is 16.5. The Labute approximate surface area is 101 Å². The van der Waals surface area contributed by atoms with Crippen molar-refractivity contribution < 1.29 is 18.7 Å². The van der Waals surface area contributed by atoms with Gasteiger partial charge in [-0.1, -0.05) is 6.92 Å². The Hall–Kier alpha value is -1.33. The minimum Gasteiger partial charge on any atom is -0.463 e. The smallest absolute Gasteiger partial charge is 0.374 e. The van der Waals surface area contributed by atoms with E-state index >= 15 is 0 Å². The van der Waals surface area contributed by atoms with Crippen LogP contribution in [0.1, 0.15) is 29.5 Å². The van der Waals surface area contributed by atoms with Gasteiger partial charge in [-0.2, -0.15) is 0 Å². The lowest BCUT2D eigenvalue weighted by molar-refractivity contribution is 0.0563. The molecule has 0 spiro atoms. The second-order valence-corrected chi connectivity index (χ2v) is 3.71. The number of carbonyl (C=O) groups excluding carboxylic acids is 1. The molecular weight excluding hydrogens is 222 g/mol. The van der Waals surface area contributed by atoms with Crippen LogP contribution in [0.4, 0.5) is 0 Å². The van der Waals surface area contributed by atoms with Crippen molar-refractivity contribution in [3.63, 3.8) is 0 Å². The molecule has 1 N–H and O–H groups in total. The highest BCUT2D eigenvalue weighted by molar-refractivity contribution is 5.87. The maximum Gasteiger partial charge on any atom is 0.374 e. The fraction of sp³-hybridized carbons (Fsp3) is 0.583. The summed E-state index contributed by atoms with van der Waals surface area (Å²) in [6.07, 6.45) is 2.44. The van der Waals surface area contributed by atoms with E-state index in [1.54, 1.807) is 13.2 Å². The standard InChI is InChI=1S/C12H19NO4/c1-4-10(8-15-2)13-7-9-5-6-17-11(9)12(14)16-3/h5-6,10,13H,4,7-8H2,1-3H3. The maximum absolute atomic E-state index is 11.4. The first-order valence-electron chi connectivity index (χ1n) is 5.59. The number of hydrogen-bond acceptors (Lipinski definition) is 5. The van der Waals surface area contributed by atoms with Crippen LogP contribution in [-0.4, -0.2) is 32.8 Å². The zero-order valence-electron chi connectivity index (χ0n) is 10.5. The largest absolute Gasteiger partial charge is 0.463 e. The Morgan fingerprint density at radius 3 is 2.88 bits per heavy atom. The Morgan fingerprint density at radius 2 is 2.29 bits per heavy atom. The van der Waals surface area contributed by atoms with E-state index in [0.717, 1.165) is 12.0 Å². The summed E-state index contributed by atoms with van der Waals surface area (Å²) in [5, 5.41) is 3.30. The number of carbonyl (C=O) groups is 1. The minimum atomic E-state index is -0.452. The number of ether oxygens (including phenoxy) is 2. The van der Waals surface area contributed by atoms with E-state index in [4.69, 9.17) is 9.15 Å². The van der Waals surface area contributed by atoms with Crippen LogP contribution < -0.4 is 5.32 Å². The molecule has 0 saturated heterocycles. The molecule has 17 heavy (non-hydrogen) atoms. The molecule has 0 aliphatic rings. The van der Waals surface area contributed by atoms with Crippen LogP contribution in [-0.2, 0) is 16.0 Å². The number of nitrogens with one attached hydrogen (secondary N) is 1. The molecule has 0 saturated carbocycles. The van der Waals surface area contributed by atoms with Gasteiger partial charge in [0.2, 0.25) is 5.76 Å². The van der Waals surface area contributed by atoms with Crippen molar-refractivity contribution in [2.45, 2.75) is 25.9 Å². The third kappa shape index (κ3) is 3.87. The van der Waals surface area contributed by atoms with Gasteiger partial charge in [0.1, 0.15) is 0 Å². The summed E-state index contributed by atoms with van der Waals surface area (Å²) >= 11 is 0. The van der Waals surface area contributed by atoms with Crippen molar-refractivity contribution in [3.05, 3.63) is 23.7 Å². The molecule has 0 aliphatic heterocycles. The monoisotopic (exact) mass is 241 g/mol. The van der Waals surface area contributed by atoms with E-state index in [9.17, 15) is 4.79 Å². The molecule has 1 heterocycles. The molecule has 0 aromatic carbocycles. The van der Waals surface area contributed by atoms with Crippen molar-refractivity contribution in [2.75, 3.05) is 20.8 Å². The Kier molecular flexibility index (Phi) is 5.72. The van der Waals surface area contributed by atoms with Gasteiger partial charge < -0.3 is 19.2 Å². The van der Waals surface area contributed by atoms with E-state index in [1.807, 2.05) is 0 Å². The van der Waals surface area contributed by atoms with Crippen LogP contribution in [0.3, 0.4) is 0 Å². The maximum atomic E-state index is 11.4. The van der Waals surface area contributed by atoms with Crippen molar-refractivity contribution in [3.8, 4) is 0 Å². The lowest BCUT2D eigenvalue weighted by Gasteiger charge is -2.15. The van der Waals surface area contributed by atoms with Gasteiger partial charge in [-0.15, -0.1) is 0 Å². The minimum absolute atomic E-state index is 0.257. The number of furan rings is 1. The molecule has 5 heteroatoms. The van der Waals surface area contributed by atoms with Crippen molar-refractivity contribution in [1.29, 1.82) is 0 Å². The van der Waals surface area contributed by atoms with Gasteiger partial charge in [0.25, 0.3) is 0 Å². The van der Waals surface area contributed by atoms with Crippen molar-refractivity contribution >= 4 is 5.97 Å². The second-order valence-electron chi connectivity index (χ2n) is 3.71. The average molecular weight is 241 g/mol. The topological polar surface area (TPSA) is 60.7 Å². The summed E-state index contributed by atoms with van der Waals surface area (Å²) in [5.74, 6) is -0.196. The van der Waals surface area contributed by atoms with Gasteiger partial charge in [-0.3, -0.25) is 0 Å². The Balaban J connectivity index is 2.56. The van der Waals surface area contributed by atoms with Gasteiger partial charge >= 0.3 is 5.97 Å². The summed E-state index contributed by atoms with van der Waals surface area (Å²) in [6, 6.07) is 2.03. The third-order valence-electron chi connectivity index (χ3n) is 2.56. The fourth-order valence-electron chi connectivity index (χ4n) is 1.52.